The Labute approximate surface area is 115 Å². The van der Waals surface area contributed by atoms with E-state index in [1.807, 2.05) is 48.0 Å². The van der Waals surface area contributed by atoms with E-state index in [1.165, 1.54) is 0 Å². The third-order valence-corrected chi connectivity index (χ3v) is 3.32. The van der Waals surface area contributed by atoms with E-state index in [2.05, 4.69) is 15.2 Å². The molecule has 6 nitrogen and oxygen atoms in total. The van der Waals surface area contributed by atoms with E-state index in [1.54, 1.807) is 17.1 Å². The van der Waals surface area contributed by atoms with E-state index < -0.39 is 0 Å². The first kappa shape index (κ1) is 12.4. The summed E-state index contributed by atoms with van der Waals surface area (Å²) < 4.78 is 3.57. The quantitative estimate of drug-likeness (QED) is 0.779. The Balaban J connectivity index is 1.96. The molecule has 0 saturated carbocycles. The second-order valence-corrected chi connectivity index (χ2v) is 4.64. The third-order valence-electron chi connectivity index (χ3n) is 3.32. The summed E-state index contributed by atoms with van der Waals surface area (Å²) in [6.07, 6.45) is 5.29. The first-order valence-corrected chi connectivity index (χ1v) is 6.42. The van der Waals surface area contributed by atoms with Crippen molar-refractivity contribution in [3.63, 3.8) is 0 Å². The summed E-state index contributed by atoms with van der Waals surface area (Å²) in [5, 5.41) is 6.67. The summed E-state index contributed by atoms with van der Waals surface area (Å²) in [5.41, 5.74) is 0.867. The Morgan fingerprint density at radius 1 is 1.30 bits per heavy atom. The highest BCUT2D eigenvalue weighted by Crippen LogP contribution is 2.14. The van der Waals surface area contributed by atoms with Gasteiger partial charge in [0.25, 0.3) is 0 Å². The number of aromatic nitrogens is 5. The molecule has 0 spiro atoms. The molecule has 0 unspecified atom stereocenters. The van der Waals surface area contributed by atoms with Crippen LogP contribution in [0.5, 0.6) is 0 Å². The largest absolute Gasteiger partial charge is 0.343 e. The van der Waals surface area contributed by atoms with Crippen molar-refractivity contribution in [3.05, 3.63) is 70.9 Å². The van der Waals surface area contributed by atoms with Gasteiger partial charge in [-0.25, -0.2) is 14.9 Å². The van der Waals surface area contributed by atoms with Gasteiger partial charge in [-0.05, 0) is 12.5 Å². The lowest BCUT2D eigenvalue weighted by molar-refractivity contribution is 0.556. The van der Waals surface area contributed by atoms with Crippen molar-refractivity contribution >= 4 is 0 Å². The molecule has 102 valence electrons. The summed E-state index contributed by atoms with van der Waals surface area (Å²) >= 11 is 0. The highest BCUT2D eigenvalue weighted by Gasteiger charge is 2.16. The number of rotatable bonds is 4. The van der Waals surface area contributed by atoms with E-state index in [0.29, 0.717) is 12.4 Å². The van der Waals surface area contributed by atoms with Crippen LogP contribution in [0.2, 0.25) is 0 Å². The van der Waals surface area contributed by atoms with Gasteiger partial charge in [-0.15, -0.1) is 0 Å². The molecule has 0 amide bonds. The van der Waals surface area contributed by atoms with Gasteiger partial charge in [-0.1, -0.05) is 30.3 Å². The van der Waals surface area contributed by atoms with Crippen LogP contribution in [0, 0.1) is 0 Å². The molecule has 0 radical (unpaired) electrons. The minimum atomic E-state index is -0.198. The Morgan fingerprint density at radius 3 is 2.80 bits per heavy atom. The van der Waals surface area contributed by atoms with Crippen LogP contribution in [-0.4, -0.2) is 24.3 Å². The summed E-state index contributed by atoms with van der Waals surface area (Å²) in [7, 11) is 0. The van der Waals surface area contributed by atoms with Crippen molar-refractivity contribution < 1.29 is 0 Å². The summed E-state index contributed by atoms with van der Waals surface area (Å²) in [4.78, 5) is 16.0. The lowest BCUT2D eigenvalue weighted by Crippen LogP contribution is -2.22. The maximum atomic E-state index is 11.9. The van der Waals surface area contributed by atoms with Crippen LogP contribution in [0.3, 0.4) is 0 Å². The van der Waals surface area contributed by atoms with Crippen LogP contribution in [0.4, 0.5) is 0 Å². The number of aromatic amines is 1. The molecule has 0 aliphatic heterocycles. The first-order chi connectivity index (χ1) is 9.75. The number of hydrogen-bond acceptors (Lipinski definition) is 3. The van der Waals surface area contributed by atoms with Crippen LogP contribution in [0.25, 0.3) is 0 Å². The molecule has 3 rings (SSSR count). The predicted octanol–water partition coefficient (Wildman–Crippen LogP) is 1.43. The number of imidazole rings is 1. The van der Waals surface area contributed by atoms with Crippen molar-refractivity contribution in [2.45, 2.75) is 19.5 Å². The van der Waals surface area contributed by atoms with Gasteiger partial charge in [-0.3, -0.25) is 4.57 Å². The predicted molar refractivity (Wildman–Crippen MR) is 74.4 cm³/mol. The van der Waals surface area contributed by atoms with Crippen LogP contribution in [-0.2, 0) is 6.54 Å². The average molecular weight is 269 g/mol. The van der Waals surface area contributed by atoms with Crippen molar-refractivity contribution in [1.29, 1.82) is 0 Å². The zero-order valence-electron chi connectivity index (χ0n) is 11.1. The minimum Gasteiger partial charge on any atom is -0.327 e. The molecule has 0 bridgehead atoms. The normalized spacial score (nSPS) is 12.4. The second kappa shape index (κ2) is 5.16. The van der Waals surface area contributed by atoms with Gasteiger partial charge in [0, 0.05) is 12.4 Å². The summed E-state index contributed by atoms with van der Waals surface area (Å²) in [6, 6.07) is 9.80. The molecule has 1 aromatic carbocycles. The third kappa shape index (κ3) is 2.27. The fourth-order valence-electron chi connectivity index (χ4n) is 2.20. The minimum absolute atomic E-state index is 0.0554. The molecule has 2 aromatic heterocycles. The van der Waals surface area contributed by atoms with E-state index in [4.69, 9.17) is 0 Å². The highest BCUT2D eigenvalue weighted by molar-refractivity contribution is 5.16. The molecule has 2 heterocycles. The molecule has 1 atom stereocenters. The molecule has 6 heteroatoms. The average Bonchev–Trinajstić information content (AvgIpc) is 3.11. The van der Waals surface area contributed by atoms with Gasteiger partial charge < -0.3 is 4.57 Å². The van der Waals surface area contributed by atoms with Gasteiger partial charge in [-0.2, -0.15) is 5.10 Å². The number of nitrogens with one attached hydrogen (secondary N) is 1. The van der Waals surface area contributed by atoms with E-state index in [0.717, 1.165) is 5.56 Å². The summed E-state index contributed by atoms with van der Waals surface area (Å²) in [5.74, 6) is 0.692. The molecule has 0 aliphatic rings. The fourth-order valence-corrected chi connectivity index (χ4v) is 2.20. The Hall–Kier alpha value is -2.63. The van der Waals surface area contributed by atoms with Gasteiger partial charge >= 0.3 is 5.69 Å². The molecule has 3 aromatic rings. The monoisotopic (exact) mass is 269 g/mol. The smallest absolute Gasteiger partial charge is 0.327 e. The molecular formula is C14H15N5O. The van der Waals surface area contributed by atoms with Crippen LogP contribution in [0.1, 0.15) is 24.4 Å². The second-order valence-electron chi connectivity index (χ2n) is 4.64. The molecular weight excluding hydrogens is 254 g/mol. The topological polar surface area (TPSA) is 68.5 Å². The maximum Gasteiger partial charge on any atom is 0.343 e. The van der Waals surface area contributed by atoms with E-state index in [-0.39, 0.29) is 11.7 Å². The molecule has 20 heavy (non-hydrogen) atoms. The van der Waals surface area contributed by atoms with E-state index in [9.17, 15) is 4.79 Å². The van der Waals surface area contributed by atoms with Crippen LogP contribution >= 0.6 is 0 Å². The number of nitrogens with zero attached hydrogens (tertiary/aromatic N) is 4. The van der Waals surface area contributed by atoms with Crippen molar-refractivity contribution in [3.8, 4) is 0 Å². The first-order valence-electron chi connectivity index (χ1n) is 6.42. The molecule has 0 saturated heterocycles. The lowest BCUT2D eigenvalue weighted by atomic mass is 10.2. The SMILES string of the molecule is C[C@@H](c1n[nH]c(=O)n1Cc1ccccc1)n1ccnc1. The van der Waals surface area contributed by atoms with Gasteiger partial charge in [0.15, 0.2) is 5.82 Å². The Morgan fingerprint density at radius 2 is 2.10 bits per heavy atom. The molecule has 0 aliphatic carbocycles. The van der Waals surface area contributed by atoms with Crippen molar-refractivity contribution in [1.82, 2.24) is 24.3 Å². The summed E-state index contributed by atoms with van der Waals surface area (Å²) in [6.45, 7) is 2.49. The van der Waals surface area contributed by atoms with Crippen LogP contribution < -0.4 is 5.69 Å². The number of H-pyrrole nitrogens is 1. The number of benzene rings is 1. The fraction of sp³-hybridized carbons (Fsp3) is 0.214. The molecule has 0 fully saturated rings. The number of hydrogen-bond donors (Lipinski definition) is 1. The Bertz CT molecular complexity index is 727. The standard InChI is InChI=1S/C14H15N5O/c1-11(18-8-7-15-10-18)13-16-17-14(20)19(13)9-12-5-3-2-4-6-12/h2-8,10-11H,9H2,1H3,(H,17,20)/t11-/m0/s1. The van der Waals surface area contributed by atoms with Crippen molar-refractivity contribution in [2.24, 2.45) is 0 Å². The zero-order valence-corrected chi connectivity index (χ0v) is 11.1. The van der Waals surface area contributed by atoms with Gasteiger partial charge in [0.1, 0.15) is 0 Å². The van der Waals surface area contributed by atoms with Crippen LogP contribution in [0.15, 0.2) is 53.8 Å². The maximum absolute atomic E-state index is 11.9. The molecule has 1 N–H and O–H groups in total. The zero-order chi connectivity index (χ0) is 13.9. The van der Waals surface area contributed by atoms with Gasteiger partial charge in [0.2, 0.25) is 0 Å². The van der Waals surface area contributed by atoms with Gasteiger partial charge in [0.05, 0.1) is 18.9 Å². The Kier molecular flexibility index (Phi) is 3.20. The van der Waals surface area contributed by atoms with E-state index >= 15 is 0 Å². The van der Waals surface area contributed by atoms with Crippen molar-refractivity contribution in [2.75, 3.05) is 0 Å². The highest BCUT2D eigenvalue weighted by atomic mass is 16.1. The lowest BCUT2D eigenvalue weighted by Gasteiger charge is -2.13.